The summed E-state index contributed by atoms with van der Waals surface area (Å²) in [6, 6.07) is 2.73. The SMILES string of the molecule is COc1cc(OC)c(S(=O)(=O)NC2CC=CCC2)cc1N. The first kappa shape index (κ1) is 15.7. The van der Waals surface area contributed by atoms with Gasteiger partial charge in [-0.15, -0.1) is 0 Å². The van der Waals surface area contributed by atoms with Crippen LogP contribution >= 0.6 is 0 Å². The van der Waals surface area contributed by atoms with Gasteiger partial charge in [-0.2, -0.15) is 0 Å². The third kappa shape index (κ3) is 3.48. The molecule has 0 heterocycles. The maximum atomic E-state index is 12.5. The van der Waals surface area contributed by atoms with Crippen molar-refractivity contribution in [2.75, 3.05) is 20.0 Å². The number of benzene rings is 1. The van der Waals surface area contributed by atoms with E-state index < -0.39 is 10.0 Å². The average Bonchev–Trinajstić information content (AvgIpc) is 2.47. The Labute approximate surface area is 125 Å². The van der Waals surface area contributed by atoms with Crippen LogP contribution in [-0.4, -0.2) is 28.7 Å². The number of nitrogens with one attached hydrogen (secondary N) is 1. The van der Waals surface area contributed by atoms with Crippen LogP contribution in [0.2, 0.25) is 0 Å². The zero-order valence-electron chi connectivity index (χ0n) is 12.1. The Morgan fingerprint density at radius 3 is 2.48 bits per heavy atom. The quantitative estimate of drug-likeness (QED) is 0.637. The molecule has 3 N–H and O–H groups in total. The van der Waals surface area contributed by atoms with E-state index in [0.29, 0.717) is 12.2 Å². The standard InChI is InChI=1S/C14H20N2O4S/c1-19-12-9-13(20-2)14(8-11(12)15)21(17,18)16-10-6-4-3-5-7-10/h3-4,8-10,16H,5-7,15H2,1-2H3. The molecule has 0 saturated heterocycles. The minimum absolute atomic E-state index is 0.0258. The molecular weight excluding hydrogens is 292 g/mol. The highest BCUT2D eigenvalue weighted by atomic mass is 32.2. The van der Waals surface area contributed by atoms with Gasteiger partial charge in [0.1, 0.15) is 16.4 Å². The van der Waals surface area contributed by atoms with E-state index in [1.807, 2.05) is 6.08 Å². The summed E-state index contributed by atoms with van der Waals surface area (Å²) >= 11 is 0. The fourth-order valence-electron chi connectivity index (χ4n) is 2.29. The van der Waals surface area contributed by atoms with E-state index in [0.717, 1.165) is 12.8 Å². The molecule has 0 spiro atoms. The van der Waals surface area contributed by atoms with Crippen LogP contribution in [0.3, 0.4) is 0 Å². The van der Waals surface area contributed by atoms with Gasteiger partial charge in [-0.3, -0.25) is 0 Å². The lowest BCUT2D eigenvalue weighted by Gasteiger charge is -2.20. The molecular formula is C14H20N2O4S. The van der Waals surface area contributed by atoms with Crippen LogP contribution in [0.15, 0.2) is 29.2 Å². The Balaban J connectivity index is 2.34. The van der Waals surface area contributed by atoms with E-state index in [9.17, 15) is 8.42 Å². The molecule has 1 unspecified atom stereocenters. The summed E-state index contributed by atoms with van der Waals surface area (Å²) in [6.07, 6.45) is 6.37. The topological polar surface area (TPSA) is 90.6 Å². The second-order valence-corrected chi connectivity index (χ2v) is 6.53. The lowest BCUT2D eigenvalue weighted by Crippen LogP contribution is -2.35. The molecule has 1 aromatic rings. The van der Waals surface area contributed by atoms with Crippen molar-refractivity contribution in [1.82, 2.24) is 4.72 Å². The van der Waals surface area contributed by atoms with Crippen molar-refractivity contribution in [1.29, 1.82) is 0 Å². The Bertz CT molecular complexity index is 641. The number of hydrogen-bond acceptors (Lipinski definition) is 5. The predicted octanol–water partition coefficient (Wildman–Crippen LogP) is 1.67. The highest BCUT2D eigenvalue weighted by Gasteiger charge is 2.25. The smallest absolute Gasteiger partial charge is 0.244 e. The molecule has 0 amide bonds. The van der Waals surface area contributed by atoms with Crippen LogP contribution in [0.25, 0.3) is 0 Å². The molecule has 0 radical (unpaired) electrons. The number of sulfonamides is 1. The fourth-order valence-corrected chi connectivity index (χ4v) is 3.76. The lowest BCUT2D eigenvalue weighted by atomic mass is 10.0. The number of rotatable bonds is 5. The molecule has 1 atom stereocenters. The van der Waals surface area contributed by atoms with Crippen LogP contribution in [-0.2, 0) is 10.0 Å². The van der Waals surface area contributed by atoms with Gasteiger partial charge in [0, 0.05) is 12.1 Å². The van der Waals surface area contributed by atoms with E-state index >= 15 is 0 Å². The fraction of sp³-hybridized carbons (Fsp3) is 0.429. The summed E-state index contributed by atoms with van der Waals surface area (Å²) in [5.74, 6) is 0.589. The van der Waals surface area contributed by atoms with Crippen LogP contribution in [0, 0.1) is 0 Å². The van der Waals surface area contributed by atoms with E-state index in [1.165, 1.54) is 26.4 Å². The van der Waals surface area contributed by atoms with E-state index in [1.54, 1.807) is 0 Å². The van der Waals surface area contributed by atoms with Gasteiger partial charge in [0.2, 0.25) is 10.0 Å². The van der Waals surface area contributed by atoms with Gasteiger partial charge in [-0.25, -0.2) is 13.1 Å². The third-order valence-electron chi connectivity index (χ3n) is 3.40. The molecule has 0 aliphatic heterocycles. The number of allylic oxidation sites excluding steroid dienone is 1. The molecule has 0 bridgehead atoms. The minimum Gasteiger partial charge on any atom is -0.495 e. The normalized spacial score (nSPS) is 18.5. The van der Waals surface area contributed by atoms with E-state index in [2.05, 4.69) is 10.8 Å². The van der Waals surface area contributed by atoms with Crippen LogP contribution in [0.5, 0.6) is 11.5 Å². The molecule has 0 fully saturated rings. The second-order valence-electron chi connectivity index (χ2n) is 4.85. The number of methoxy groups -OCH3 is 2. The zero-order valence-corrected chi connectivity index (χ0v) is 12.9. The molecule has 1 aliphatic carbocycles. The zero-order chi connectivity index (χ0) is 15.5. The predicted molar refractivity (Wildman–Crippen MR) is 81.1 cm³/mol. The summed E-state index contributed by atoms with van der Waals surface area (Å²) in [7, 11) is -0.820. The van der Waals surface area contributed by atoms with Gasteiger partial charge in [-0.05, 0) is 25.3 Å². The molecule has 0 aromatic heterocycles. The van der Waals surface area contributed by atoms with Crippen LogP contribution in [0.4, 0.5) is 5.69 Å². The van der Waals surface area contributed by atoms with Gasteiger partial charge < -0.3 is 15.2 Å². The number of nitrogens with two attached hydrogens (primary N) is 1. The summed E-state index contributed by atoms with van der Waals surface area (Å²) < 4.78 is 38.0. The summed E-state index contributed by atoms with van der Waals surface area (Å²) in [4.78, 5) is 0.0258. The largest absolute Gasteiger partial charge is 0.495 e. The molecule has 6 nitrogen and oxygen atoms in total. The number of hydrogen-bond donors (Lipinski definition) is 2. The molecule has 1 aliphatic rings. The monoisotopic (exact) mass is 312 g/mol. The molecule has 0 saturated carbocycles. The highest BCUT2D eigenvalue weighted by Crippen LogP contribution is 2.34. The molecule has 116 valence electrons. The average molecular weight is 312 g/mol. The molecule has 2 rings (SSSR count). The number of nitrogen functional groups attached to an aromatic ring is 1. The van der Waals surface area contributed by atoms with E-state index in [-0.39, 0.29) is 22.4 Å². The Kier molecular flexibility index (Phi) is 4.74. The van der Waals surface area contributed by atoms with Gasteiger partial charge in [0.25, 0.3) is 0 Å². The van der Waals surface area contributed by atoms with Crippen LogP contribution < -0.4 is 19.9 Å². The number of anilines is 1. The lowest BCUT2D eigenvalue weighted by molar-refractivity contribution is 0.386. The first-order valence-electron chi connectivity index (χ1n) is 6.66. The van der Waals surface area contributed by atoms with Crippen molar-refractivity contribution in [3.05, 3.63) is 24.3 Å². The Morgan fingerprint density at radius 2 is 1.90 bits per heavy atom. The van der Waals surface area contributed by atoms with Crippen molar-refractivity contribution in [3.63, 3.8) is 0 Å². The maximum Gasteiger partial charge on any atom is 0.244 e. The summed E-state index contributed by atoms with van der Waals surface area (Å²) in [5, 5.41) is 0. The summed E-state index contributed by atoms with van der Waals surface area (Å²) in [6.45, 7) is 0. The highest BCUT2D eigenvalue weighted by molar-refractivity contribution is 7.89. The third-order valence-corrected chi connectivity index (χ3v) is 4.94. The Morgan fingerprint density at radius 1 is 1.19 bits per heavy atom. The first-order chi connectivity index (χ1) is 9.97. The molecule has 21 heavy (non-hydrogen) atoms. The van der Waals surface area contributed by atoms with Gasteiger partial charge in [0.15, 0.2) is 0 Å². The van der Waals surface area contributed by atoms with E-state index in [4.69, 9.17) is 15.2 Å². The number of ether oxygens (including phenoxy) is 2. The first-order valence-corrected chi connectivity index (χ1v) is 8.15. The minimum atomic E-state index is -3.69. The van der Waals surface area contributed by atoms with Gasteiger partial charge in [0.05, 0.1) is 19.9 Å². The van der Waals surface area contributed by atoms with Crippen molar-refractivity contribution in [2.24, 2.45) is 0 Å². The van der Waals surface area contributed by atoms with Gasteiger partial charge >= 0.3 is 0 Å². The van der Waals surface area contributed by atoms with Crippen molar-refractivity contribution in [3.8, 4) is 11.5 Å². The van der Waals surface area contributed by atoms with Gasteiger partial charge in [-0.1, -0.05) is 12.2 Å². The Hall–Kier alpha value is -1.73. The van der Waals surface area contributed by atoms with Crippen molar-refractivity contribution in [2.45, 2.75) is 30.2 Å². The molecule has 7 heteroatoms. The maximum absolute atomic E-state index is 12.5. The van der Waals surface area contributed by atoms with Crippen LogP contribution in [0.1, 0.15) is 19.3 Å². The van der Waals surface area contributed by atoms with Crippen molar-refractivity contribution < 1.29 is 17.9 Å². The molecule has 1 aromatic carbocycles. The van der Waals surface area contributed by atoms with Crippen molar-refractivity contribution >= 4 is 15.7 Å². The second kappa shape index (κ2) is 6.36. The summed E-state index contributed by atoms with van der Waals surface area (Å²) in [5.41, 5.74) is 6.05.